The number of phenols is 1. The number of rotatable bonds is 9. The van der Waals surface area contributed by atoms with Crippen LogP contribution in [0.2, 0.25) is 0 Å². The first-order valence-electron chi connectivity index (χ1n) is 8.00. The lowest BCUT2D eigenvalue weighted by Crippen LogP contribution is -2.25. The average molecular weight is 365 g/mol. The Kier molecular flexibility index (Phi) is 8.48. The number of nitrogens with two attached hydrogens (primary N) is 1. The van der Waals surface area contributed by atoms with E-state index in [1.807, 2.05) is 0 Å². The highest BCUT2D eigenvalue weighted by molar-refractivity contribution is 6.18. The van der Waals surface area contributed by atoms with Gasteiger partial charge < -0.3 is 30.2 Å². The van der Waals surface area contributed by atoms with Crippen LogP contribution in [0.3, 0.4) is 0 Å². The molecule has 1 aromatic carbocycles. The first-order chi connectivity index (χ1) is 12.4. The fourth-order valence-electron chi connectivity index (χ4n) is 1.80. The lowest BCUT2D eigenvalue weighted by molar-refractivity contribution is -0.138. The normalized spacial score (nSPS) is 12.7. The lowest BCUT2D eigenvalue weighted by Gasteiger charge is -2.08. The van der Waals surface area contributed by atoms with Crippen LogP contribution in [0.1, 0.15) is 26.3 Å². The number of carbonyl (C=O) groups is 1. The minimum absolute atomic E-state index is 0.00109. The molecule has 0 aliphatic carbocycles. The van der Waals surface area contributed by atoms with Gasteiger partial charge in [0.15, 0.2) is 22.9 Å². The summed E-state index contributed by atoms with van der Waals surface area (Å²) in [6.45, 7) is 5.64. The number of amidine groups is 1. The van der Waals surface area contributed by atoms with Crippen molar-refractivity contribution in [1.82, 2.24) is 0 Å². The molecule has 0 saturated heterocycles. The van der Waals surface area contributed by atoms with Crippen LogP contribution < -0.4 is 10.5 Å². The van der Waals surface area contributed by atoms with Gasteiger partial charge in [-0.3, -0.25) is 0 Å². The molecular weight excluding hydrogens is 342 g/mol. The Balaban J connectivity index is 3.06. The molecule has 1 rings (SSSR count). The molecule has 0 aliphatic rings. The molecule has 0 saturated carbocycles. The molecule has 0 radical (unpaired) electrons. The number of nitrogens with zero attached hydrogens (tertiary/aromatic N) is 2. The average Bonchev–Trinajstić information content (AvgIpc) is 2.58. The minimum Gasteiger partial charge on any atom is -0.504 e. The zero-order valence-electron chi connectivity index (χ0n) is 14.9. The lowest BCUT2D eigenvalue weighted by atomic mass is 10.2. The summed E-state index contributed by atoms with van der Waals surface area (Å²) in [4.78, 5) is 11.9. The maximum absolute atomic E-state index is 11.9. The van der Waals surface area contributed by atoms with Gasteiger partial charge in [0.05, 0.1) is 26.0 Å². The number of hydrogen-bond acceptors (Lipinski definition) is 8. The van der Waals surface area contributed by atoms with Crippen LogP contribution in [-0.4, -0.2) is 48.1 Å². The summed E-state index contributed by atoms with van der Waals surface area (Å²) >= 11 is 0. The van der Waals surface area contributed by atoms with E-state index >= 15 is 0 Å². The summed E-state index contributed by atoms with van der Waals surface area (Å²) in [7, 11) is 0. The molecular formula is C17H23N3O6. The Morgan fingerprint density at radius 2 is 1.88 bits per heavy atom. The van der Waals surface area contributed by atoms with Crippen LogP contribution in [0.15, 0.2) is 39.9 Å². The van der Waals surface area contributed by atoms with E-state index < -0.39 is 17.5 Å². The van der Waals surface area contributed by atoms with Crippen molar-refractivity contribution >= 4 is 18.0 Å². The molecule has 0 fully saturated rings. The summed E-state index contributed by atoms with van der Waals surface area (Å²) in [5, 5.41) is 26.9. The summed E-state index contributed by atoms with van der Waals surface area (Å²) in [5.41, 5.74) is 5.89. The fourth-order valence-corrected chi connectivity index (χ4v) is 1.80. The van der Waals surface area contributed by atoms with Gasteiger partial charge in [-0.1, -0.05) is 0 Å². The molecule has 0 amide bonds. The van der Waals surface area contributed by atoms with E-state index in [1.54, 1.807) is 32.9 Å². The third kappa shape index (κ3) is 6.00. The maximum atomic E-state index is 11.9. The van der Waals surface area contributed by atoms with Gasteiger partial charge in [-0.25, -0.2) is 4.79 Å². The molecule has 0 aliphatic heterocycles. The third-order valence-electron chi connectivity index (χ3n) is 2.89. The van der Waals surface area contributed by atoms with E-state index in [4.69, 9.17) is 19.9 Å². The van der Waals surface area contributed by atoms with Crippen molar-refractivity contribution in [3.8, 4) is 11.5 Å². The van der Waals surface area contributed by atoms with Crippen molar-refractivity contribution in [2.24, 2.45) is 15.9 Å². The highest BCUT2D eigenvalue weighted by atomic mass is 16.6. The van der Waals surface area contributed by atoms with Crippen LogP contribution in [0.4, 0.5) is 0 Å². The molecule has 1 aromatic rings. The molecule has 0 unspecified atom stereocenters. The number of aliphatic hydroxyl groups excluding tert-OH is 1. The number of ether oxygens (including phenoxy) is 3. The molecule has 0 atom stereocenters. The van der Waals surface area contributed by atoms with Crippen molar-refractivity contribution in [3.05, 3.63) is 35.3 Å². The third-order valence-corrected chi connectivity index (χ3v) is 2.89. The van der Waals surface area contributed by atoms with Crippen LogP contribution >= 0.6 is 0 Å². The summed E-state index contributed by atoms with van der Waals surface area (Å²) in [5.74, 6) is -1.63. The number of aliphatic hydroxyl groups is 1. The van der Waals surface area contributed by atoms with Gasteiger partial charge in [-0.15, -0.1) is 5.10 Å². The van der Waals surface area contributed by atoms with Gasteiger partial charge in [0, 0.05) is 0 Å². The molecule has 0 bridgehead atoms. The number of phenolic OH excluding ortho intramolecular Hbond substituents is 1. The molecule has 0 aromatic heterocycles. The van der Waals surface area contributed by atoms with Crippen molar-refractivity contribution in [1.29, 1.82) is 0 Å². The topological polar surface area (TPSA) is 136 Å². The van der Waals surface area contributed by atoms with Crippen molar-refractivity contribution in [3.63, 3.8) is 0 Å². The fraction of sp³-hybridized carbons (Fsp3) is 0.353. The second kappa shape index (κ2) is 10.6. The Morgan fingerprint density at radius 3 is 2.50 bits per heavy atom. The standard InChI is InChI=1S/C17H23N3O6/c1-4-24-13-9-11(7-8-12(13)21)10-19-20-15(18)14(16(22)25-5-2)17(23)26-6-3/h7-10,21-22H,4-6H2,1-3H3,(H2,18,20)/b16-14?,19-10-. The van der Waals surface area contributed by atoms with Crippen LogP contribution in [0.25, 0.3) is 0 Å². The number of hydrogen-bond donors (Lipinski definition) is 3. The monoisotopic (exact) mass is 365 g/mol. The van der Waals surface area contributed by atoms with Crippen molar-refractivity contribution < 1.29 is 29.2 Å². The van der Waals surface area contributed by atoms with Gasteiger partial charge in [0.25, 0.3) is 5.95 Å². The highest BCUT2D eigenvalue weighted by Gasteiger charge is 2.22. The summed E-state index contributed by atoms with van der Waals surface area (Å²) in [6.07, 6.45) is 1.34. The predicted octanol–water partition coefficient (Wildman–Crippen LogP) is 1.85. The van der Waals surface area contributed by atoms with E-state index in [1.165, 1.54) is 12.3 Å². The highest BCUT2D eigenvalue weighted by Crippen LogP contribution is 2.26. The van der Waals surface area contributed by atoms with Gasteiger partial charge in [-0.2, -0.15) is 5.10 Å². The molecule has 4 N–H and O–H groups in total. The Labute approximate surface area is 151 Å². The Bertz CT molecular complexity index is 712. The molecule has 9 nitrogen and oxygen atoms in total. The zero-order chi connectivity index (χ0) is 19.5. The molecule has 0 heterocycles. The SMILES string of the molecule is CCOC(=O)C(C(N)=N/N=C\c1ccc(O)c(OCC)c1)=C(O)OCC. The van der Waals surface area contributed by atoms with E-state index in [0.29, 0.717) is 17.9 Å². The number of carbonyl (C=O) groups excluding carboxylic acids is 1. The minimum atomic E-state index is -0.877. The number of aromatic hydroxyl groups is 1. The van der Waals surface area contributed by atoms with Crippen molar-refractivity contribution in [2.75, 3.05) is 19.8 Å². The smallest absolute Gasteiger partial charge is 0.349 e. The second-order valence-corrected chi connectivity index (χ2v) is 4.72. The largest absolute Gasteiger partial charge is 0.504 e. The summed E-state index contributed by atoms with van der Waals surface area (Å²) in [6, 6.07) is 4.60. The van der Waals surface area contributed by atoms with Gasteiger partial charge in [-0.05, 0) is 44.5 Å². The molecule has 0 spiro atoms. The second-order valence-electron chi connectivity index (χ2n) is 4.72. The Hall–Kier alpha value is -3.23. The summed E-state index contributed by atoms with van der Waals surface area (Å²) < 4.78 is 15.0. The van der Waals surface area contributed by atoms with E-state index in [-0.39, 0.29) is 24.8 Å². The maximum Gasteiger partial charge on any atom is 0.349 e. The number of esters is 1. The van der Waals surface area contributed by atoms with Gasteiger partial charge in [0.2, 0.25) is 0 Å². The Morgan fingerprint density at radius 1 is 1.19 bits per heavy atom. The first kappa shape index (κ1) is 20.8. The first-order valence-corrected chi connectivity index (χ1v) is 8.00. The van der Waals surface area contributed by atoms with E-state index in [0.717, 1.165) is 0 Å². The van der Waals surface area contributed by atoms with Gasteiger partial charge >= 0.3 is 5.97 Å². The van der Waals surface area contributed by atoms with E-state index in [2.05, 4.69) is 10.2 Å². The predicted molar refractivity (Wildman–Crippen MR) is 96.4 cm³/mol. The molecule has 26 heavy (non-hydrogen) atoms. The van der Waals surface area contributed by atoms with Gasteiger partial charge in [0.1, 0.15) is 0 Å². The molecule has 9 heteroatoms. The van der Waals surface area contributed by atoms with Crippen LogP contribution in [-0.2, 0) is 14.3 Å². The molecule has 142 valence electrons. The van der Waals surface area contributed by atoms with Crippen molar-refractivity contribution in [2.45, 2.75) is 20.8 Å². The van der Waals surface area contributed by atoms with Crippen LogP contribution in [0.5, 0.6) is 11.5 Å². The number of benzene rings is 1. The zero-order valence-corrected chi connectivity index (χ0v) is 14.9. The van der Waals surface area contributed by atoms with E-state index in [9.17, 15) is 15.0 Å². The van der Waals surface area contributed by atoms with Crippen LogP contribution in [0, 0.1) is 0 Å². The quantitative estimate of drug-likeness (QED) is 0.152.